The molecule has 0 spiro atoms. The fourth-order valence-electron chi connectivity index (χ4n) is 4.40. The van der Waals surface area contributed by atoms with Crippen molar-refractivity contribution in [2.45, 2.75) is 36.7 Å². The molecule has 2 aromatic carbocycles. The van der Waals surface area contributed by atoms with Crippen molar-refractivity contribution in [2.24, 2.45) is 0 Å². The summed E-state index contributed by atoms with van der Waals surface area (Å²) < 4.78 is 45.2. The van der Waals surface area contributed by atoms with Crippen LogP contribution in [0.4, 0.5) is 0 Å². The number of nitrogens with zero attached hydrogens (tertiary/aromatic N) is 4. The number of hydrogen-bond donors (Lipinski definition) is 1. The van der Waals surface area contributed by atoms with E-state index in [0.717, 1.165) is 30.5 Å². The molecule has 1 aliphatic rings. The molecule has 11 heteroatoms. The highest BCUT2D eigenvalue weighted by atomic mass is 32.2. The lowest BCUT2D eigenvalue weighted by Gasteiger charge is -2.23. The molecule has 0 bridgehead atoms. The maximum atomic E-state index is 12.8. The number of hydrogen-bond acceptors (Lipinski definition) is 9. The molecule has 1 saturated heterocycles. The monoisotopic (exact) mass is 565 g/mol. The molecule has 40 heavy (non-hydrogen) atoms. The average molecular weight is 566 g/mol. The minimum absolute atomic E-state index is 0.0366. The molecule has 1 aromatic heterocycles. The molecular weight excluding hydrogens is 530 g/mol. The maximum absolute atomic E-state index is 12.8. The number of rotatable bonds is 12. The van der Waals surface area contributed by atoms with Crippen LogP contribution >= 0.6 is 0 Å². The number of benzene rings is 2. The molecule has 1 aliphatic heterocycles. The van der Waals surface area contributed by atoms with E-state index in [9.17, 15) is 13.7 Å². The quantitative estimate of drug-likeness (QED) is 0.329. The van der Waals surface area contributed by atoms with Gasteiger partial charge in [-0.3, -0.25) is 0 Å². The molecule has 1 fully saturated rings. The number of sulfonamides is 1. The van der Waals surface area contributed by atoms with Gasteiger partial charge in [0.2, 0.25) is 10.0 Å². The van der Waals surface area contributed by atoms with Crippen molar-refractivity contribution in [3.05, 3.63) is 65.6 Å². The predicted molar refractivity (Wildman–Crippen MR) is 151 cm³/mol. The Hall–Kier alpha value is -3.56. The first-order valence-corrected chi connectivity index (χ1v) is 14.7. The van der Waals surface area contributed by atoms with Crippen molar-refractivity contribution in [3.63, 3.8) is 0 Å². The van der Waals surface area contributed by atoms with Crippen LogP contribution in [0, 0.1) is 11.3 Å². The van der Waals surface area contributed by atoms with Gasteiger partial charge in [-0.05, 0) is 69.0 Å². The second-order valence-corrected chi connectivity index (χ2v) is 11.6. The molecule has 4 rings (SSSR count). The van der Waals surface area contributed by atoms with Gasteiger partial charge in [0.1, 0.15) is 34.4 Å². The molecule has 0 radical (unpaired) electrons. The van der Waals surface area contributed by atoms with E-state index in [1.807, 2.05) is 31.1 Å². The van der Waals surface area contributed by atoms with E-state index in [4.69, 9.17) is 19.2 Å². The Kier molecular flexibility index (Phi) is 10.1. The third kappa shape index (κ3) is 7.76. The minimum atomic E-state index is -3.72. The van der Waals surface area contributed by atoms with Crippen LogP contribution in [0.2, 0.25) is 0 Å². The molecule has 0 aliphatic carbocycles. The number of nitrogens with one attached hydrogen (secondary N) is 1. The summed E-state index contributed by atoms with van der Waals surface area (Å²) in [6, 6.07) is 14.5. The average Bonchev–Trinajstić information content (AvgIpc) is 2.96. The van der Waals surface area contributed by atoms with Crippen LogP contribution in [0.3, 0.4) is 0 Å². The summed E-state index contributed by atoms with van der Waals surface area (Å²) in [6.45, 7) is 2.44. The van der Waals surface area contributed by atoms with Gasteiger partial charge in [0.25, 0.3) is 0 Å². The lowest BCUT2D eigenvalue weighted by atomic mass is 10.1. The molecule has 3 aromatic rings. The number of methoxy groups -OCH3 is 1. The van der Waals surface area contributed by atoms with Gasteiger partial charge >= 0.3 is 0 Å². The topological polar surface area (TPSA) is 127 Å². The Morgan fingerprint density at radius 2 is 1.93 bits per heavy atom. The van der Waals surface area contributed by atoms with Gasteiger partial charge in [0.05, 0.1) is 31.6 Å². The van der Waals surface area contributed by atoms with Gasteiger partial charge in [0.15, 0.2) is 0 Å². The SMILES string of the molecule is COc1cc(Cc2nccc(-c3ccc(OC4CCOCC4)c(C#N)c3)n2)ccc1S(=O)(=O)NCCCN(C)C. The summed E-state index contributed by atoms with van der Waals surface area (Å²) >= 11 is 0. The first kappa shape index (κ1) is 29.4. The normalized spacial score (nSPS) is 14.2. The largest absolute Gasteiger partial charge is 0.495 e. The van der Waals surface area contributed by atoms with Gasteiger partial charge in [-0.25, -0.2) is 23.1 Å². The Labute approximate surface area is 236 Å². The van der Waals surface area contributed by atoms with Crippen LogP contribution in [0.15, 0.2) is 53.6 Å². The van der Waals surface area contributed by atoms with Gasteiger partial charge < -0.3 is 19.1 Å². The van der Waals surface area contributed by atoms with Crippen molar-refractivity contribution >= 4 is 10.0 Å². The van der Waals surface area contributed by atoms with E-state index >= 15 is 0 Å². The van der Waals surface area contributed by atoms with E-state index in [1.54, 1.807) is 36.5 Å². The van der Waals surface area contributed by atoms with Crippen LogP contribution in [0.25, 0.3) is 11.3 Å². The van der Waals surface area contributed by atoms with Gasteiger partial charge in [-0.1, -0.05) is 6.07 Å². The van der Waals surface area contributed by atoms with Crippen molar-refractivity contribution in [2.75, 3.05) is 47.5 Å². The van der Waals surface area contributed by atoms with Crippen molar-refractivity contribution in [1.29, 1.82) is 5.26 Å². The fraction of sp³-hybridized carbons (Fsp3) is 0.414. The Morgan fingerprint density at radius 3 is 2.65 bits per heavy atom. The molecule has 10 nitrogen and oxygen atoms in total. The molecule has 0 unspecified atom stereocenters. The van der Waals surface area contributed by atoms with E-state index in [2.05, 4.69) is 15.8 Å². The summed E-state index contributed by atoms with van der Waals surface area (Å²) in [5, 5.41) is 9.73. The van der Waals surface area contributed by atoms with E-state index < -0.39 is 10.0 Å². The molecule has 2 heterocycles. The van der Waals surface area contributed by atoms with Crippen LogP contribution in [-0.4, -0.2) is 76.9 Å². The third-order valence-electron chi connectivity index (χ3n) is 6.52. The molecule has 1 N–H and O–H groups in total. The smallest absolute Gasteiger partial charge is 0.244 e. The molecule has 0 saturated carbocycles. The second kappa shape index (κ2) is 13.7. The summed E-state index contributed by atoms with van der Waals surface area (Å²) in [5.41, 5.74) is 2.70. The van der Waals surface area contributed by atoms with Gasteiger partial charge in [0, 0.05) is 37.6 Å². The van der Waals surface area contributed by atoms with Crippen molar-refractivity contribution < 1.29 is 22.6 Å². The van der Waals surface area contributed by atoms with Crippen molar-refractivity contribution in [1.82, 2.24) is 19.6 Å². The highest BCUT2D eigenvalue weighted by Gasteiger charge is 2.20. The zero-order valence-electron chi connectivity index (χ0n) is 23.1. The standard InChI is InChI=1S/C29H35N5O5S/c1-34(2)14-4-12-32-40(35,36)28-8-5-21(17-27(28)37-3)18-29-31-13-9-25(33-29)22-6-7-26(23(19-22)20-30)39-24-10-15-38-16-11-24/h5-9,13,17,19,24,32H,4,10-12,14-16,18H2,1-3H3. The van der Waals surface area contributed by atoms with Crippen LogP contribution < -0.4 is 14.2 Å². The maximum Gasteiger partial charge on any atom is 0.244 e. The van der Waals surface area contributed by atoms with Crippen LogP contribution in [0.1, 0.15) is 36.2 Å². The summed E-state index contributed by atoms with van der Waals surface area (Å²) in [4.78, 5) is 11.2. The molecular formula is C29H35N5O5S. The summed E-state index contributed by atoms with van der Waals surface area (Å²) in [5.74, 6) is 1.37. The summed E-state index contributed by atoms with van der Waals surface area (Å²) in [7, 11) is 1.61. The Morgan fingerprint density at radius 1 is 1.12 bits per heavy atom. The van der Waals surface area contributed by atoms with Crippen LogP contribution in [-0.2, 0) is 21.2 Å². The third-order valence-corrected chi connectivity index (χ3v) is 8.02. The van der Waals surface area contributed by atoms with Crippen molar-refractivity contribution in [3.8, 4) is 28.8 Å². The zero-order chi connectivity index (χ0) is 28.5. The van der Waals surface area contributed by atoms with Gasteiger partial charge in [-0.2, -0.15) is 5.26 Å². The highest BCUT2D eigenvalue weighted by molar-refractivity contribution is 7.89. The first-order valence-electron chi connectivity index (χ1n) is 13.2. The summed E-state index contributed by atoms with van der Waals surface area (Å²) in [6.07, 6.45) is 4.37. The van der Waals surface area contributed by atoms with E-state index in [1.165, 1.54) is 7.11 Å². The van der Waals surface area contributed by atoms with Gasteiger partial charge in [-0.15, -0.1) is 0 Å². The number of nitriles is 1. The first-order chi connectivity index (χ1) is 19.3. The highest BCUT2D eigenvalue weighted by Crippen LogP contribution is 2.29. The molecule has 0 amide bonds. The Bertz CT molecular complexity index is 1450. The number of aromatic nitrogens is 2. The zero-order valence-corrected chi connectivity index (χ0v) is 23.9. The van der Waals surface area contributed by atoms with E-state index in [-0.39, 0.29) is 16.7 Å². The minimum Gasteiger partial charge on any atom is -0.495 e. The van der Waals surface area contributed by atoms with Crippen LogP contribution in [0.5, 0.6) is 11.5 Å². The lowest BCUT2D eigenvalue weighted by Crippen LogP contribution is -2.27. The lowest BCUT2D eigenvalue weighted by molar-refractivity contribution is 0.0254. The number of ether oxygens (including phenoxy) is 3. The van der Waals surface area contributed by atoms with E-state index in [0.29, 0.717) is 55.4 Å². The second-order valence-electron chi connectivity index (χ2n) is 9.83. The Balaban J connectivity index is 1.48. The molecule has 212 valence electrons. The molecule has 0 atom stereocenters. The fourth-order valence-corrected chi connectivity index (χ4v) is 5.63. The predicted octanol–water partition coefficient (Wildman–Crippen LogP) is 3.40.